The fraction of sp³-hybridized carbons (Fsp3) is 0.562. The van der Waals surface area contributed by atoms with Gasteiger partial charge in [-0.15, -0.1) is 0 Å². The molecule has 110 valence electrons. The van der Waals surface area contributed by atoms with Crippen LogP contribution in [0.25, 0.3) is 0 Å². The van der Waals surface area contributed by atoms with E-state index in [1.165, 1.54) is 0 Å². The summed E-state index contributed by atoms with van der Waals surface area (Å²) in [5, 5.41) is 0. The highest BCUT2D eigenvalue weighted by molar-refractivity contribution is 6.00. The van der Waals surface area contributed by atoms with Gasteiger partial charge in [-0.1, -0.05) is 19.9 Å². The van der Waals surface area contributed by atoms with E-state index in [1.807, 2.05) is 52.8 Å². The van der Waals surface area contributed by atoms with Gasteiger partial charge in [-0.2, -0.15) is 0 Å². The summed E-state index contributed by atoms with van der Waals surface area (Å²) in [5.74, 6) is 0.891. The molecule has 1 atom stereocenters. The maximum atomic E-state index is 12.6. The number of fused-ring (bicyclic) bond motifs is 1. The van der Waals surface area contributed by atoms with Crippen LogP contribution >= 0.6 is 0 Å². The lowest BCUT2D eigenvalue weighted by atomic mass is 9.99. The normalized spacial score (nSPS) is 19.1. The molecule has 4 heteroatoms. The second-order valence-corrected chi connectivity index (χ2v) is 6.67. The highest BCUT2D eigenvalue weighted by atomic mass is 16.5. The Bertz CT molecular complexity index is 518. The van der Waals surface area contributed by atoms with Crippen LogP contribution in [0.15, 0.2) is 18.2 Å². The summed E-state index contributed by atoms with van der Waals surface area (Å²) in [5.41, 5.74) is 7.59. The third kappa shape index (κ3) is 2.96. The van der Waals surface area contributed by atoms with Crippen molar-refractivity contribution in [3.05, 3.63) is 23.8 Å². The van der Waals surface area contributed by atoms with Gasteiger partial charge in [0.2, 0.25) is 0 Å². The Kier molecular flexibility index (Phi) is 3.78. The third-order valence-corrected chi connectivity index (χ3v) is 3.34. The van der Waals surface area contributed by atoms with Crippen LogP contribution in [0.5, 0.6) is 5.75 Å². The van der Waals surface area contributed by atoms with Gasteiger partial charge in [0, 0.05) is 12.1 Å². The predicted octanol–water partition coefficient (Wildman–Crippen LogP) is 2.48. The van der Waals surface area contributed by atoms with E-state index in [0.29, 0.717) is 6.54 Å². The number of carbonyl (C=O) groups is 1. The molecule has 1 unspecified atom stereocenters. The first-order chi connectivity index (χ1) is 9.19. The molecule has 1 aromatic carbocycles. The number of ether oxygens (including phenoxy) is 1. The standard InChI is InChI=1S/C16H24N2O2/c1-10(2)14-15(19)18(9-16(4,5)17)12-7-6-11(3)8-13(12)20-14/h6-8,10,14H,9,17H2,1-5H3. The van der Waals surface area contributed by atoms with Gasteiger partial charge in [-0.05, 0) is 44.4 Å². The van der Waals surface area contributed by atoms with Crippen molar-refractivity contribution in [2.24, 2.45) is 11.7 Å². The van der Waals surface area contributed by atoms with E-state index in [0.717, 1.165) is 17.0 Å². The molecular formula is C16H24N2O2. The Balaban J connectivity index is 2.45. The fourth-order valence-electron chi connectivity index (χ4n) is 2.39. The molecule has 0 fully saturated rings. The van der Waals surface area contributed by atoms with Crippen LogP contribution in [0.3, 0.4) is 0 Å². The van der Waals surface area contributed by atoms with E-state index in [9.17, 15) is 4.79 Å². The van der Waals surface area contributed by atoms with Crippen LogP contribution in [0.1, 0.15) is 33.3 Å². The lowest BCUT2D eigenvalue weighted by molar-refractivity contribution is -0.128. The number of anilines is 1. The summed E-state index contributed by atoms with van der Waals surface area (Å²) in [7, 11) is 0. The molecule has 1 amide bonds. The second-order valence-electron chi connectivity index (χ2n) is 6.67. The van der Waals surface area contributed by atoms with Gasteiger partial charge in [-0.3, -0.25) is 4.79 Å². The molecule has 0 saturated heterocycles. The van der Waals surface area contributed by atoms with Gasteiger partial charge in [0.1, 0.15) is 5.75 Å². The Morgan fingerprint density at radius 1 is 1.40 bits per heavy atom. The van der Waals surface area contributed by atoms with E-state index < -0.39 is 11.6 Å². The molecule has 0 bridgehead atoms. The molecule has 1 aromatic rings. The van der Waals surface area contributed by atoms with E-state index in [2.05, 4.69) is 0 Å². The number of nitrogens with zero attached hydrogens (tertiary/aromatic N) is 1. The highest BCUT2D eigenvalue weighted by Gasteiger charge is 2.37. The average Bonchev–Trinajstić information content (AvgIpc) is 2.30. The monoisotopic (exact) mass is 276 g/mol. The second kappa shape index (κ2) is 5.09. The summed E-state index contributed by atoms with van der Waals surface area (Å²) in [4.78, 5) is 14.4. The number of benzene rings is 1. The van der Waals surface area contributed by atoms with Crippen LogP contribution in [0, 0.1) is 12.8 Å². The lowest BCUT2D eigenvalue weighted by Gasteiger charge is -2.39. The maximum absolute atomic E-state index is 12.6. The maximum Gasteiger partial charge on any atom is 0.268 e. The summed E-state index contributed by atoms with van der Waals surface area (Å²) < 4.78 is 5.90. The Hall–Kier alpha value is -1.55. The van der Waals surface area contributed by atoms with Gasteiger partial charge in [0.15, 0.2) is 6.10 Å². The van der Waals surface area contributed by atoms with E-state index in [-0.39, 0.29) is 11.8 Å². The Morgan fingerprint density at radius 3 is 2.60 bits per heavy atom. The zero-order chi connectivity index (χ0) is 15.1. The molecule has 1 aliphatic rings. The van der Waals surface area contributed by atoms with Crippen molar-refractivity contribution in [1.82, 2.24) is 0 Å². The molecule has 0 aromatic heterocycles. The van der Waals surface area contributed by atoms with Crippen LogP contribution in [0.2, 0.25) is 0 Å². The number of amides is 1. The topological polar surface area (TPSA) is 55.6 Å². The van der Waals surface area contributed by atoms with Crippen molar-refractivity contribution < 1.29 is 9.53 Å². The fourth-order valence-corrected chi connectivity index (χ4v) is 2.39. The SMILES string of the molecule is Cc1ccc2c(c1)OC(C(C)C)C(=O)N2CC(C)(C)N. The smallest absolute Gasteiger partial charge is 0.268 e. The summed E-state index contributed by atoms with van der Waals surface area (Å²) >= 11 is 0. The van der Waals surface area contributed by atoms with Crippen molar-refractivity contribution in [3.8, 4) is 5.75 Å². The number of hydrogen-bond donors (Lipinski definition) is 1. The van der Waals surface area contributed by atoms with Crippen LogP contribution in [-0.2, 0) is 4.79 Å². The van der Waals surface area contributed by atoms with E-state index in [4.69, 9.17) is 10.5 Å². The summed E-state index contributed by atoms with van der Waals surface area (Å²) in [6, 6.07) is 5.90. The van der Waals surface area contributed by atoms with Crippen molar-refractivity contribution in [2.45, 2.75) is 46.3 Å². The van der Waals surface area contributed by atoms with Crippen LogP contribution in [0.4, 0.5) is 5.69 Å². The van der Waals surface area contributed by atoms with Crippen molar-refractivity contribution in [1.29, 1.82) is 0 Å². The quantitative estimate of drug-likeness (QED) is 0.922. The first kappa shape index (κ1) is 14.9. The highest BCUT2D eigenvalue weighted by Crippen LogP contribution is 2.36. The molecule has 0 saturated carbocycles. The zero-order valence-corrected chi connectivity index (χ0v) is 12.9. The number of carbonyl (C=O) groups excluding carboxylic acids is 1. The largest absolute Gasteiger partial charge is 0.478 e. The summed E-state index contributed by atoms with van der Waals surface area (Å²) in [6.45, 7) is 10.3. The van der Waals surface area contributed by atoms with Gasteiger partial charge >= 0.3 is 0 Å². The lowest BCUT2D eigenvalue weighted by Crippen LogP contribution is -2.54. The average molecular weight is 276 g/mol. The first-order valence-corrected chi connectivity index (χ1v) is 7.06. The third-order valence-electron chi connectivity index (χ3n) is 3.34. The van der Waals surface area contributed by atoms with Gasteiger partial charge in [0.05, 0.1) is 5.69 Å². The molecule has 1 aliphatic heterocycles. The Labute approximate surface area is 120 Å². The van der Waals surface area contributed by atoms with Gasteiger partial charge in [0.25, 0.3) is 5.91 Å². The van der Waals surface area contributed by atoms with Crippen LogP contribution in [-0.4, -0.2) is 24.1 Å². The molecule has 0 radical (unpaired) electrons. The van der Waals surface area contributed by atoms with Gasteiger partial charge < -0.3 is 15.4 Å². The molecule has 4 nitrogen and oxygen atoms in total. The minimum Gasteiger partial charge on any atom is -0.478 e. The minimum atomic E-state index is -0.448. The minimum absolute atomic E-state index is 0.00474. The number of nitrogens with two attached hydrogens (primary N) is 1. The van der Waals surface area contributed by atoms with E-state index in [1.54, 1.807) is 4.90 Å². The number of aryl methyl sites for hydroxylation is 1. The molecule has 0 spiro atoms. The molecule has 1 heterocycles. The van der Waals surface area contributed by atoms with Crippen molar-refractivity contribution in [3.63, 3.8) is 0 Å². The number of rotatable bonds is 3. The predicted molar refractivity (Wildman–Crippen MR) is 81.1 cm³/mol. The molecule has 0 aliphatic carbocycles. The molecule has 20 heavy (non-hydrogen) atoms. The summed E-state index contributed by atoms with van der Waals surface area (Å²) in [6.07, 6.45) is -0.438. The zero-order valence-electron chi connectivity index (χ0n) is 12.9. The molecule has 2 N–H and O–H groups in total. The first-order valence-electron chi connectivity index (χ1n) is 7.06. The van der Waals surface area contributed by atoms with Crippen molar-refractivity contribution >= 4 is 11.6 Å². The van der Waals surface area contributed by atoms with Crippen molar-refractivity contribution in [2.75, 3.05) is 11.4 Å². The molecule has 2 rings (SSSR count). The van der Waals surface area contributed by atoms with Gasteiger partial charge in [-0.25, -0.2) is 0 Å². The number of hydrogen-bond acceptors (Lipinski definition) is 3. The van der Waals surface area contributed by atoms with Crippen LogP contribution < -0.4 is 15.4 Å². The Morgan fingerprint density at radius 2 is 2.05 bits per heavy atom. The molecular weight excluding hydrogens is 252 g/mol. The van der Waals surface area contributed by atoms with E-state index >= 15 is 0 Å².